The van der Waals surface area contributed by atoms with E-state index in [1.54, 1.807) is 7.11 Å². The first kappa shape index (κ1) is 13.8. The number of carbonyl (C=O) groups excluding carboxylic acids is 1. The van der Waals surface area contributed by atoms with Gasteiger partial charge < -0.3 is 15.3 Å². The van der Waals surface area contributed by atoms with E-state index in [-0.39, 0.29) is 18.1 Å². The summed E-state index contributed by atoms with van der Waals surface area (Å²) in [4.78, 5) is 10.9. The summed E-state index contributed by atoms with van der Waals surface area (Å²) in [6.07, 6.45) is 9.73. The quantitative estimate of drug-likeness (QED) is 0.602. The fraction of sp³-hybridized carbons (Fsp3) is 0.800. The first-order valence-corrected chi connectivity index (χ1v) is 7.07. The van der Waals surface area contributed by atoms with Crippen molar-refractivity contribution >= 4 is 6.29 Å². The van der Waals surface area contributed by atoms with E-state index in [2.05, 4.69) is 6.08 Å². The molecule has 0 spiro atoms. The summed E-state index contributed by atoms with van der Waals surface area (Å²) in [5.74, 6) is 2.00. The zero-order chi connectivity index (χ0) is 13.1. The van der Waals surface area contributed by atoms with Crippen molar-refractivity contribution in [2.45, 2.75) is 44.8 Å². The molecule has 18 heavy (non-hydrogen) atoms. The number of allylic oxidation sites excluding steroid dienone is 1. The monoisotopic (exact) mass is 251 g/mol. The van der Waals surface area contributed by atoms with Gasteiger partial charge in [0.15, 0.2) is 0 Å². The van der Waals surface area contributed by atoms with Gasteiger partial charge in [0.1, 0.15) is 6.29 Å². The minimum Gasteiger partial charge on any atom is -0.380 e. The molecule has 3 nitrogen and oxygen atoms in total. The third-order valence-corrected chi connectivity index (χ3v) is 4.68. The average Bonchev–Trinajstić information content (AvgIpc) is 3.17. The number of ether oxygens (including phenoxy) is 1. The van der Waals surface area contributed by atoms with Crippen molar-refractivity contribution in [1.82, 2.24) is 0 Å². The first-order valence-electron chi connectivity index (χ1n) is 7.07. The number of nitrogens with two attached hydrogens (primary N) is 1. The lowest BCUT2D eigenvalue weighted by atomic mass is 9.67. The largest absolute Gasteiger partial charge is 0.380 e. The molecule has 2 saturated carbocycles. The molecule has 0 amide bonds. The molecule has 0 aromatic rings. The Bertz CT molecular complexity index is 312. The van der Waals surface area contributed by atoms with E-state index < -0.39 is 0 Å². The molecule has 2 aliphatic carbocycles. The summed E-state index contributed by atoms with van der Waals surface area (Å²) in [6.45, 7) is 2.01. The molecule has 0 saturated heterocycles. The third-order valence-electron chi connectivity index (χ3n) is 4.68. The lowest BCUT2D eigenvalue weighted by Gasteiger charge is -2.44. The Kier molecular flexibility index (Phi) is 4.57. The summed E-state index contributed by atoms with van der Waals surface area (Å²) in [5.41, 5.74) is 6.40. The number of hydrogen-bond donors (Lipinski definition) is 1. The molecule has 102 valence electrons. The van der Waals surface area contributed by atoms with E-state index in [0.29, 0.717) is 18.3 Å². The maximum Gasteiger partial charge on any atom is 0.120 e. The Morgan fingerprint density at radius 1 is 1.39 bits per heavy atom. The maximum atomic E-state index is 10.9. The van der Waals surface area contributed by atoms with E-state index >= 15 is 0 Å². The Morgan fingerprint density at radius 2 is 2.11 bits per heavy atom. The molecular weight excluding hydrogens is 226 g/mol. The highest BCUT2D eigenvalue weighted by molar-refractivity contribution is 5.50. The van der Waals surface area contributed by atoms with Crippen LogP contribution in [0, 0.1) is 23.7 Å². The van der Waals surface area contributed by atoms with Gasteiger partial charge in [0.25, 0.3) is 0 Å². The molecule has 5 unspecified atom stereocenters. The number of aldehydes is 1. The van der Waals surface area contributed by atoms with Gasteiger partial charge in [0, 0.05) is 19.6 Å². The highest BCUT2D eigenvalue weighted by Crippen LogP contribution is 2.48. The SMILES string of the molecule is C/C=C/C1C(CC=O)CC(C2CC2)C(OC)C1N. The number of rotatable bonds is 5. The average molecular weight is 251 g/mol. The Labute approximate surface area is 110 Å². The highest BCUT2D eigenvalue weighted by Gasteiger charge is 2.47. The van der Waals surface area contributed by atoms with Gasteiger partial charge in [0.2, 0.25) is 0 Å². The van der Waals surface area contributed by atoms with Gasteiger partial charge in [-0.2, -0.15) is 0 Å². The van der Waals surface area contributed by atoms with Crippen molar-refractivity contribution in [3.05, 3.63) is 12.2 Å². The van der Waals surface area contributed by atoms with Crippen LogP contribution < -0.4 is 5.73 Å². The van der Waals surface area contributed by atoms with Crippen LogP contribution in [0.3, 0.4) is 0 Å². The summed E-state index contributed by atoms with van der Waals surface area (Å²) in [6, 6.07) is 0.0236. The predicted molar refractivity (Wildman–Crippen MR) is 72.1 cm³/mol. The molecule has 0 heterocycles. The summed E-state index contributed by atoms with van der Waals surface area (Å²) < 4.78 is 5.67. The molecule has 2 rings (SSSR count). The molecule has 2 N–H and O–H groups in total. The van der Waals surface area contributed by atoms with Crippen LogP contribution in [-0.2, 0) is 9.53 Å². The van der Waals surface area contributed by atoms with E-state index in [4.69, 9.17) is 10.5 Å². The molecule has 0 aromatic heterocycles. The second-order valence-electron chi connectivity index (χ2n) is 5.78. The Balaban J connectivity index is 2.16. The van der Waals surface area contributed by atoms with Crippen molar-refractivity contribution in [3.8, 4) is 0 Å². The van der Waals surface area contributed by atoms with Crippen LogP contribution in [0.5, 0.6) is 0 Å². The van der Waals surface area contributed by atoms with E-state index in [9.17, 15) is 4.79 Å². The third kappa shape index (κ3) is 2.67. The van der Waals surface area contributed by atoms with Gasteiger partial charge in [-0.3, -0.25) is 0 Å². The van der Waals surface area contributed by atoms with Crippen molar-refractivity contribution in [2.75, 3.05) is 7.11 Å². The fourth-order valence-electron chi connectivity index (χ4n) is 3.66. The normalized spacial score (nSPS) is 41.2. The van der Waals surface area contributed by atoms with Crippen molar-refractivity contribution < 1.29 is 9.53 Å². The smallest absolute Gasteiger partial charge is 0.120 e. The van der Waals surface area contributed by atoms with Crippen LogP contribution in [0.25, 0.3) is 0 Å². The predicted octanol–water partition coefficient (Wildman–Crippen LogP) is 2.16. The van der Waals surface area contributed by atoms with Gasteiger partial charge in [-0.1, -0.05) is 12.2 Å². The molecule has 0 aliphatic heterocycles. The second kappa shape index (κ2) is 5.98. The Hall–Kier alpha value is -0.670. The molecular formula is C15H25NO2. The summed E-state index contributed by atoms with van der Waals surface area (Å²) >= 11 is 0. The molecule has 5 atom stereocenters. The molecule has 3 heteroatoms. The topological polar surface area (TPSA) is 52.3 Å². The molecule has 0 radical (unpaired) electrons. The van der Waals surface area contributed by atoms with Gasteiger partial charge >= 0.3 is 0 Å². The molecule has 0 aromatic carbocycles. The standard InChI is InChI=1S/C15H25NO2/c1-3-4-12-11(7-8-17)9-13(10-5-6-10)15(18-2)14(12)16/h3-4,8,10-15H,5-7,9,16H2,1-2H3/b4-3+. The van der Waals surface area contributed by atoms with Crippen molar-refractivity contribution in [1.29, 1.82) is 0 Å². The zero-order valence-electron chi connectivity index (χ0n) is 11.4. The lowest BCUT2D eigenvalue weighted by molar-refractivity contribution is -0.110. The zero-order valence-corrected chi connectivity index (χ0v) is 11.4. The van der Waals surface area contributed by atoms with Gasteiger partial charge in [-0.25, -0.2) is 0 Å². The van der Waals surface area contributed by atoms with Crippen LogP contribution in [0.4, 0.5) is 0 Å². The lowest BCUT2D eigenvalue weighted by Crippen LogP contribution is -2.53. The van der Waals surface area contributed by atoms with Crippen LogP contribution in [0.2, 0.25) is 0 Å². The minimum atomic E-state index is 0.0236. The van der Waals surface area contributed by atoms with Gasteiger partial charge in [0.05, 0.1) is 6.10 Å². The van der Waals surface area contributed by atoms with Crippen LogP contribution in [0.1, 0.15) is 32.6 Å². The fourth-order valence-corrected chi connectivity index (χ4v) is 3.66. The molecule has 2 fully saturated rings. The number of methoxy groups -OCH3 is 1. The molecule has 2 aliphatic rings. The maximum absolute atomic E-state index is 10.9. The van der Waals surface area contributed by atoms with Gasteiger partial charge in [-0.15, -0.1) is 0 Å². The highest BCUT2D eigenvalue weighted by atomic mass is 16.5. The van der Waals surface area contributed by atoms with E-state index in [1.807, 2.05) is 13.0 Å². The van der Waals surface area contributed by atoms with E-state index in [1.165, 1.54) is 12.8 Å². The van der Waals surface area contributed by atoms with Crippen molar-refractivity contribution in [2.24, 2.45) is 29.4 Å². The second-order valence-corrected chi connectivity index (χ2v) is 5.78. The first-order chi connectivity index (χ1) is 8.72. The molecule has 0 bridgehead atoms. The van der Waals surface area contributed by atoms with Crippen LogP contribution in [0.15, 0.2) is 12.2 Å². The summed E-state index contributed by atoms with van der Waals surface area (Å²) in [5, 5.41) is 0. The van der Waals surface area contributed by atoms with Crippen LogP contribution >= 0.6 is 0 Å². The van der Waals surface area contributed by atoms with Crippen LogP contribution in [-0.4, -0.2) is 25.5 Å². The van der Waals surface area contributed by atoms with Gasteiger partial charge in [-0.05, 0) is 49.9 Å². The Morgan fingerprint density at radius 3 is 2.61 bits per heavy atom. The number of carbonyl (C=O) groups is 1. The summed E-state index contributed by atoms with van der Waals surface area (Å²) in [7, 11) is 1.77. The minimum absolute atomic E-state index is 0.0236. The number of hydrogen-bond acceptors (Lipinski definition) is 3. The van der Waals surface area contributed by atoms with Crippen molar-refractivity contribution in [3.63, 3.8) is 0 Å². The van der Waals surface area contributed by atoms with E-state index in [0.717, 1.165) is 18.6 Å².